The minimum Gasteiger partial charge on any atom is -0.309 e. The topological polar surface area (TPSA) is 37.8 Å². The molecule has 2 heterocycles. The van der Waals surface area contributed by atoms with E-state index in [9.17, 15) is 0 Å². The van der Waals surface area contributed by atoms with Crippen LogP contribution in [0, 0.1) is 12.8 Å². The van der Waals surface area contributed by atoms with Gasteiger partial charge in [-0.3, -0.25) is 9.97 Å². The monoisotopic (exact) mass is 251 g/mol. The Hall–Kier alpha value is -0.610. The first kappa shape index (κ1) is 12.8. The quantitative estimate of drug-likeness (QED) is 0.892. The molecule has 0 amide bonds. The van der Waals surface area contributed by atoms with Crippen LogP contribution in [0.5, 0.6) is 0 Å². The summed E-state index contributed by atoms with van der Waals surface area (Å²) < 4.78 is 0. The Balaban J connectivity index is 1.84. The van der Waals surface area contributed by atoms with Crippen LogP contribution in [0.4, 0.5) is 0 Å². The average molecular weight is 251 g/mol. The van der Waals surface area contributed by atoms with Gasteiger partial charge in [0.05, 0.1) is 11.4 Å². The summed E-state index contributed by atoms with van der Waals surface area (Å²) in [5.41, 5.74) is 2.12. The Morgan fingerprint density at radius 3 is 2.76 bits per heavy atom. The van der Waals surface area contributed by atoms with Crippen molar-refractivity contribution in [2.45, 2.75) is 32.7 Å². The van der Waals surface area contributed by atoms with Gasteiger partial charge in [-0.05, 0) is 50.7 Å². The molecule has 3 nitrogen and oxygen atoms in total. The Bertz CT molecular complexity index is 350. The van der Waals surface area contributed by atoms with Gasteiger partial charge in [0.15, 0.2) is 0 Å². The SMILES string of the molecule is Cc1nccnc1C(C)NCC1CCSCC1. The minimum atomic E-state index is 0.304. The van der Waals surface area contributed by atoms with E-state index in [0.717, 1.165) is 23.9 Å². The Morgan fingerprint density at radius 2 is 2.06 bits per heavy atom. The Labute approximate surface area is 108 Å². The summed E-state index contributed by atoms with van der Waals surface area (Å²) in [7, 11) is 0. The first-order valence-corrected chi connectivity index (χ1v) is 7.51. The molecule has 0 aliphatic carbocycles. The predicted molar refractivity (Wildman–Crippen MR) is 73.2 cm³/mol. The van der Waals surface area contributed by atoms with Gasteiger partial charge >= 0.3 is 0 Å². The molecule has 1 aliphatic heterocycles. The third-order valence-corrected chi connectivity index (χ3v) is 4.43. The highest BCUT2D eigenvalue weighted by Crippen LogP contribution is 2.22. The van der Waals surface area contributed by atoms with Crippen molar-refractivity contribution in [3.05, 3.63) is 23.8 Å². The molecular formula is C13H21N3S. The number of nitrogens with one attached hydrogen (secondary N) is 1. The second kappa shape index (κ2) is 6.36. The van der Waals surface area contributed by atoms with Gasteiger partial charge in [0.1, 0.15) is 0 Å². The molecule has 1 atom stereocenters. The van der Waals surface area contributed by atoms with Crippen LogP contribution in [-0.4, -0.2) is 28.0 Å². The van der Waals surface area contributed by atoms with E-state index >= 15 is 0 Å². The number of aromatic nitrogens is 2. The molecule has 0 saturated carbocycles. The average Bonchev–Trinajstić information content (AvgIpc) is 2.38. The Morgan fingerprint density at radius 1 is 1.35 bits per heavy atom. The lowest BCUT2D eigenvalue weighted by Gasteiger charge is -2.24. The van der Waals surface area contributed by atoms with E-state index in [-0.39, 0.29) is 0 Å². The fourth-order valence-electron chi connectivity index (χ4n) is 2.23. The predicted octanol–water partition coefficient (Wildman–Crippen LogP) is 2.58. The van der Waals surface area contributed by atoms with Crippen LogP contribution >= 0.6 is 11.8 Å². The van der Waals surface area contributed by atoms with Crippen molar-refractivity contribution in [2.24, 2.45) is 5.92 Å². The molecule has 0 bridgehead atoms. The zero-order valence-corrected chi connectivity index (χ0v) is 11.5. The van der Waals surface area contributed by atoms with E-state index in [1.54, 1.807) is 12.4 Å². The molecule has 1 N–H and O–H groups in total. The maximum absolute atomic E-state index is 4.41. The lowest BCUT2D eigenvalue weighted by atomic mass is 10.0. The van der Waals surface area contributed by atoms with Crippen molar-refractivity contribution in [1.29, 1.82) is 0 Å². The lowest BCUT2D eigenvalue weighted by Crippen LogP contribution is -2.28. The van der Waals surface area contributed by atoms with E-state index in [1.165, 1.54) is 24.3 Å². The second-order valence-corrected chi connectivity index (χ2v) is 5.94. The summed E-state index contributed by atoms with van der Waals surface area (Å²) in [4.78, 5) is 8.70. The molecule has 17 heavy (non-hydrogen) atoms. The van der Waals surface area contributed by atoms with Crippen molar-refractivity contribution < 1.29 is 0 Å². The number of rotatable bonds is 4. The number of thioether (sulfide) groups is 1. The van der Waals surface area contributed by atoms with Crippen molar-refractivity contribution in [2.75, 3.05) is 18.1 Å². The van der Waals surface area contributed by atoms with E-state index in [1.807, 2.05) is 6.92 Å². The normalized spacial score (nSPS) is 19.2. The summed E-state index contributed by atoms with van der Waals surface area (Å²) in [6.45, 7) is 5.31. The van der Waals surface area contributed by atoms with Crippen LogP contribution in [0.3, 0.4) is 0 Å². The lowest BCUT2D eigenvalue weighted by molar-refractivity contribution is 0.416. The summed E-state index contributed by atoms with van der Waals surface area (Å²) in [6.07, 6.45) is 6.23. The van der Waals surface area contributed by atoms with Crippen LogP contribution in [0.1, 0.15) is 37.2 Å². The molecule has 2 rings (SSSR count). The first-order chi connectivity index (χ1) is 8.27. The highest BCUT2D eigenvalue weighted by atomic mass is 32.2. The molecule has 1 aromatic rings. The molecule has 0 spiro atoms. The smallest absolute Gasteiger partial charge is 0.0782 e. The van der Waals surface area contributed by atoms with Crippen molar-refractivity contribution >= 4 is 11.8 Å². The van der Waals surface area contributed by atoms with E-state index in [2.05, 4.69) is 34.0 Å². The standard InChI is InChI=1S/C13H21N3S/c1-10-13(15-6-5-14-10)11(2)16-9-12-3-7-17-8-4-12/h5-6,11-12,16H,3-4,7-9H2,1-2H3. The minimum absolute atomic E-state index is 0.304. The Kier molecular flexibility index (Phi) is 4.80. The fraction of sp³-hybridized carbons (Fsp3) is 0.692. The van der Waals surface area contributed by atoms with Gasteiger partial charge in [-0.15, -0.1) is 0 Å². The highest BCUT2D eigenvalue weighted by molar-refractivity contribution is 7.99. The summed E-state index contributed by atoms with van der Waals surface area (Å²) in [6, 6.07) is 0.304. The molecule has 1 unspecified atom stereocenters. The van der Waals surface area contributed by atoms with Gasteiger partial charge in [0.25, 0.3) is 0 Å². The fourth-order valence-corrected chi connectivity index (χ4v) is 3.44. The van der Waals surface area contributed by atoms with Crippen LogP contribution in [0.25, 0.3) is 0 Å². The number of aryl methyl sites for hydroxylation is 1. The molecule has 1 saturated heterocycles. The van der Waals surface area contributed by atoms with Gasteiger partial charge < -0.3 is 5.32 Å². The highest BCUT2D eigenvalue weighted by Gasteiger charge is 2.16. The summed E-state index contributed by atoms with van der Waals surface area (Å²) >= 11 is 2.08. The van der Waals surface area contributed by atoms with Crippen molar-refractivity contribution in [3.8, 4) is 0 Å². The molecule has 1 aromatic heterocycles. The molecule has 1 fully saturated rings. The molecule has 4 heteroatoms. The van der Waals surface area contributed by atoms with Crippen LogP contribution in [0.15, 0.2) is 12.4 Å². The summed E-state index contributed by atoms with van der Waals surface area (Å²) in [5, 5.41) is 3.60. The van der Waals surface area contributed by atoms with Crippen molar-refractivity contribution in [3.63, 3.8) is 0 Å². The maximum Gasteiger partial charge on any atom is 0.0782 e. The third-order valence-electron chi connectivity index (χ3n) is 3.38. The van der Waals surface area contributed by atoms with Gasteiger partial charge in [0.2, 0.25) is 0 Å². The largest absolute Gasteiger partial charge is 0.309 e. The second-order valence-electron chi connectivity index (χ2n) is 4.71. The number of hydrogen-bond donors (Lipinski definition) is 1. The molecule has 0 aromatic carbocycles. The van der Waals surface area contributed by atoms with Gasteiger partial charge in [-0.2, -0.15) is 11.8 Å². The van der Waals surface area contributed by atoms with E-state index in [4.69, 9.17) is 0 Å². The van der Waals surface area contributed by atoms with Gasteiger partial charge in [-0.25, -0.2) is 0 Å². The van der Waals surface area contributed by atoms with E-state index in [0.29, 0.717) is 6.04 Å². The summed E-state index contributed by atoms with van der Waals surface area (Å²) in [5.74, 6) is 3.49. The van der Waals surface area contributed by atoms with Gasteiger partial charge in [-0.1, -0.05) is 0 Å². The number of nitrogens with zero attached hydrogens (tertiary/aromatic N) is 2. The van der Waals surface area contributed by atoms with Crippen LogP contribution in [-0.2, 0) is 0 Å². The zero-order valence-electron chi connectivity index (χ0n) is 10.6. The van der Waals surface area contributed by atoms with Crippen molar-refractivity contribution in [1.82, 2.24) is 15.3 Å². The zero-order chi connectivity index (χ0) is 12.1. The molecular weight excluding hydrogens is 230 g/mol. The molecule has 94 valence electrons. The molecule has 1 aliphatic rings. The number of hydrogen-bond acceptors (Lipinski definition) is 4. The maximum atomic E-state index is 4.41. The van der Waals surface area contributed by atoms with Crippen LogP contribution in [0.2, 0.25) is 0 Å². The van der Waals surface area contributed by atoms with Crippen LogP contribution < -0.4 is 5.32 Å². The first-order valence-electron chi connectivity index (χ1n) is 6.36. The van der Waals surface area contributed by atoms with Gasteiger partial charge in [0, 0.05) is 18.4 Å². The molecule has 0 radical (unpaired) electrons. The third kappa shape index (κ3) is 3.68. The van der Waals surface area contributed by atoms with E-state index < -0.39 is 0 Å².